The predicted octanol–water partition coefficient (Wildman–Crippen LogP) is 1.56. The molecule has 0 aliphatic carbocycles. The highest BCUT2D eigenvalue weighted by Gasteiger charge is 2.00. The second kappa shape index (κ2) is 3.83. The molecule has 1 rings (SSSR count). The van der Waals surface area contributed by atoms with E-state index in [1.807, 2.05) is 5.51 Å². The van der Waals surface area contributed by atoms with E-state index in [1.54, 1.807) is 11.3 Å². The zero-order valence-electron chi connectivity index (χ0n) is 7.29. The van der Waals surface area contributed by atoms with Crippen LogP contribution in [0.25, 0.3) is 0 Å². The first kappa shape index (κ1) is 8.68. The van der Waals surface area contributed by atoms with Crippen LogP contribution < -0.4 is 0 Å². The third-order valence-electron chi connectivity index (χ3n) is 1.63. The molecule has 0 saturated carbocycles. The zero-order chi connectivity index (χ0) is 8.27. The van der Waals surface area contributed by atoms with Crippen molar-refractivity contribution in [3.63, 3.8) is 0 Å². The standard InChI is InChI=1S/C8H14N2S/c1-7-8(11-6-9-7)4-5-10(2)3/h6H,4-5H2,1-3H3. The number of hydrogen-bond donors (Lipinski definition) is 0. The van der Waals surface area contributed by atoms with Gasteiger partial charge in [-0.05, 0) is 27.4 Å². The van der Waals surface area contributed by atoms with Gasteiger partial charge in [-0.3, -0.25) is 0 Å². The summed E-state index contributed by atoms with van der Waals surface area (Å²) in [7, 11) is 4.19. The van der Waals surface area contributed by atoms with Gasteiger partial charge in [-0.1, -0.05) is 0 Å². The van der Waals surface area contributed by atoms with E-state index in [-0.39, 0.29) is 0 Å². The quantitative estimate of drug-likeness (QED) is 0.684. The van der Waals surface area contributed by atoms with Crippen molar-refractivity contribution in [1.29, 1.82) is 0 Å². The molecule has 2 nitrogen and oxygen atoms in total. The normalized spacial score (nSPS) is 10.9. The van der Waals surface area contributed by atoms with Gasteiger partial charge in [-0.2, -0.15) is 0 Å². The Morgan fingerprint density at radius 1 is 1.55 bits per heavy atom. The molecule has 0 N–H and O–H groups in total. The Bertz CT molecular complexity index is 218. The molecule has 0 atom stereocenters. The molecule has 1 aromatic heterocycles. The number of hydrogen-bond acceptors (Lipinski definition) is 3. The average molecular weight is 170 g/mol. The van der Waals surface area contributed by atoms with Gasteiger partial charge in [0.15, 0.2) is 0 Å². The predicted molar refractivity (Wildman–Crippen MR) is 49.1 cm³/mol. The summed E-state index contributed by atoms with van der Waals surface area (Å²) in [4.78, 5) is 7.80. The Morgan fingerprint density at radius 2 is 2.27 bits per heavy atom. The fourth-order valence-corrected chi connectivity index (χ4v) is 1.66. The largest absolute Gasteiger partial charge is 0.309 e. The van der Waals surface area contributed by atoms with Crippen molar-refractivity contribution in [3.8, 4) is 0 Å². The van der Waals surface area contributed by atoms with Gasteiger partial charge in [0.05, 0.1) is 11.2 Å². The summed E-state index contributed by atoms with van der Waals surface area (Å²) in [5.74, 6) is 0. The van der Waals surface area contributed by atoms with Gasteiger partial charge < -0.3 is 4.90 Å². The number of nitrogens with zero attached hydrogens (tertiary/aromatic N) is 2. The summed E-state index contributed by atoms with van der Waals surface area (Å²) >= 11 is 1.75. The molecule has 1 heterocycles. The molecule has 11 heavy (non-hydrogen) atoms. The summed E-state index contributed by atoms with van der Waals surface area (Å²) in [6, 6.07) is 0. The Hall–Kier alpha value is -0.410. The third kappa shape index (κ3) is 2.60. The van der Waals surface area contributed by atoms with Crippen molar-refractivity contribution < 1.29 is 0 Å². The van der Waals surface area contributed by atoms with E-state index < -0.39 is 0 Å². The molecule has 0 amide bonds. The maximum Gasteiger partial charge on any atom is 0.0797 e. The molecule has 0 aromatic carbocycles. The van der Waals surface area contributed by atoms with Crippen molar-refractivity contribution in [2.45, 2.75) is 13.3 Å². The van der Waals surface area contributed by atoms with Crippen LogP contribution in [-0.4, -0.2) is 30.5 Å². The lowest BCUT2D eigenvalue weighted by molar-refractivity contribution is 0.414. The SMILES string of the molecule is Cc1ncsc1CCN(C)C. The number of aryl methyl sites for hydroxylation is 1. The third-order valence-corrected chi connectivity index (χ3v) is 2.63. The van der Waals surface area contributed by atoms with Gasteiger partial charge in [0.1, 0.15) is 0 Å². The molecular weight excluding hydrogens is 156 g/mol. The first-order valence-electron chi connectivity index (χ1n) is 3.74. The molecule has 0 bridgehead atoms. The van der Waals surface area contributed by atoms with Crippen LogP contribution in [0.5, 0.6) is 0 Å². The highest BCUT2D eigenvalue weighted by molar-refractivity contribution is 7.09. The van der Waals surface area contributed by atoms with Crippen molar-refractivity contribution in [2.24, 2.45) is 0 Å². The van der Waals surface area contributed by atoms with Crippen molar-refractivity contribution in [2.75, 3.05) is 20.6 Å². The van der Waals surface area contributed by atoms with Crippen LogP contribution in [0.1, 0.15) is 10.6 Å². The Balaban J connectivity index is 2.44. The van der Waals surface area contributed by atoms with E-state index in [0.29, 0.717) is 0 Å². The van der Waals surface area contributed by atoms with Gasteiger partial charge in [0.2, 0.25) is 0 Å². The van der Waals surface area contributed by atoms with E-state index in [0.717, 1.165) is 13.0 Å². The Labute approximate surface area is 71.9 Å². The maximum atomic E-state index is 4.19. The minimum absolute atomic E-state index is 1.11. The summed E-state index contributed by atoms with van der Waals surface area (Å²) in [6.07, 6.45) is 1.13. The highest BCUT2D eigenvalue weighted by Crippen LogP contribution is 2.12. The molecule has 0 radical (unpaired) electrons. The number of likely N-dealkylation sites (N-methyl/N-ethyl adjacent to an activating group) is 1. The summed E-state index contributed by atoms with van der Waals surface area (Å²) in [6.45, 7) is 3.19. The van der Waals surface area contributed by atoms with Crippen LogP contribution in [-0.2, 0) is 6.42 Å². The number of aromatic nitrogens is 1. The Kier molecular flexibility index (Phi) is 3.02. The summed E-state index contributed by atoms with van der Waals surface area (Å²) in [5.41, 5.74) is 3.11. The van der Waals surface area contributed by atoms with Crippen LogP contribution in [0.2, 0.25) is 0 Å². The first-order chi connectivity index (χ1) is 5.20. The molecule has 0 fully saturated rings. The second-order valence-corrected chi connectivity index (χ2v) is 3.85. The zero-order valence-corrected chi connectivity index (χ0v) is 8.11. The maximum absolute atomic E-state index is 4.19. The number of thiazole rings is 1. The van der Waals surface area contributed by atoms with E-state index >= 15 is 0 Å². The van der Waals surface area contributed by atoms with Crippen LogP contribution in [0.3, 0.4) is 0 Å². The van der Waals surface area contributed by atoms with Crippen molar-refractivity contribution in [3.05, 3.63) is 16.1 Å². The molecular formula is C8H14N2S. The van der Waals surface area contributed by atoms with Gasteiger partial charge in [0, 0.05) is 11.4 Å². The molecule has 3 heteroatoms. The lowest BCUT2D eigenvalue weighted by Gasteiger charge is -2.07. The van der Waals surface area contributed by atoms with Crippen molar-refractivity contribution >= 4 is 11.3 Å². The number of rotatable bonds is 3. The average Bonchev–Trinajstić information content (AvgIpc) is 2.31. The lowest BCUT2D eigenvalue weighted by atomic mass is 10.3. The fourth-order valence-electron chi connectivity index (χ4n) is 0.891. The van der Waals surface area contributed by atoms with Gasteiger partial charge in [-0.15, -0.1) is 11.3 Å². The monoisotopic (exact) mass is 170 g/mol. The molecule has 62 valence electrons. The first-order valence-corrected chi connectivity index (χ1v) is 4.62. The molecule has 0 saturated heterocycles. The van der Waals surface area contributed by atoms with Crippen LogP contribution in [0, 0.1) is 6.92 Å². The molecule has 1 aromatic rings. The van der Waals surface area contributed by atoms with Gasteiger partial charge in [0.25, 0.3) is 0 Å². The minimum Gasteiger partial charge on any atom is -0.309 e. The van der Waals surface area contributed by atoms with Crippen molar-refractivity contribution in [1.82, 2.24) is 9.88 Å². The minimum atomic E-state index is 1.11. The highest BCUT2D eigenvalue weighted by atomic mass is 32.1. The summed E-state index contributed by atoms with van der Waals surface area (Å²) < 4.78 is 0. The molecule has 0 aliphatic heterocycles. The van der Waals surface area contributed by atoms with E-state index in [4.69, 9.17) is 0 Å². The molecule has 0 spiro atoms. The Morgan fingerprint density at radius 3 is 2.73 bits per heavy atom. The lowest BCUT2D eigenvalue weighted by Crippen LogP contribution is -2.14. The topological polar surface area (TPSA) is 16.1 Å². The van der Waals surface area contributed by atoms with Crippen LogP contribution in [0.15, 0.2) is 5.51 Å². The van der Waals surface area contributed by atoms with Crippen LogP contribution in [0.4, 0.5) is 0 Å². The molecule has 0 unspecified atom stereocenters. The van der Waals surface area contributed by atoms with E-state index in [1.165, 1.54) is 10.6 Å². The smallest absolute Gasteiger partial charge is 0.0797 e. The van der Waals surface area contributed by atoms with E-state index in [2.05, 4.69) is 30.9 Å². The molecule has 0 aliphatic rings. The van der Waals surface area contributed by atoms with Crippen LogP contribution >= 0.6 is 11.3 Å². The fraction of sp³-hybridized carbons (Fsp3) is 0.625. The van der Waals surface area contributed by atoms with E-state index in [9.17, 15) is 0 Å². The van der Waals surface area contributed by atoms with Gasteiger partial charge in [-0.25, -0.2) is 4.98 Å². The second-order valence-electron chi connectivity index (χ2n) is 2.91. The van der Waals surface area contributed by atoms with Gasteiger partial charge >= 0.3 is 0 Å². The summed E-state index contributed by atoms with van der Waals surface area (Å²) in [5, 5.41) is 0.